The standard InChI is InChI=1S/C18H27NO5/c1-3-4-5-6-7-8-9-12-23-18(21)24-16-13-14(19)10-11-15(16)17(20)22-2/h10-11,13H,3-9,12,19H2,1-2H3. The van der Waals surface area contributed by atoms with Gasteiger partial charge in [0, 0.05) is 11.8 Å². The van der Waals surface area contributed by atoms with E-state index in [-0.39, 0.29) is 11.3 Å². The van der Waals surface area contributed by atoms with Crippen LogP contribution in [0.15, 0.2) is 18.2 Å². The average Bonchev–Trinajstić information content (AvgIpc) is 2.56. The second-order valence-corrected chi connectivity index (χ2v) is 5.57. The number of carbonyl (C=O) groups is 2. The molecule has 134 valence electrons. The SMILES string of the molecule is CCCCCCCCCOC(=O)Oc1cc(N)ccc1C(=O)OC. The molecule has 0 saturated carbocycles. The molecule has 0 unspecified atom stereocenters. The van der Waals surface area contributed by atoms with Gasteiger partial charge in [-0.2, -0.15) is 0 Å². The third-order valence-corrected chi connectivity index (χ3v) is 3.57. The van der Waals surface area contributed by atoms with E-state index in [9.17, 15) is 9.59 Å². The van der Waals surface area contributed by atoms with E-state index in [1.807, 2.05) is 0 Å². The van der Waals surface area contributed by atoms with Gasteiger partial charge in [-0.1, -0.05) is 45.4 Å². The second-order valence-electron chi connectivity index (χ2n) is 5.57. The van der Waals surface area contributed by atoms with Gasteiger partial charge < -0.3 is 19.9 Å². The van der Waals surface area contributed by atoms with Crippen LogP contribution in [0, 0.1) is 0 Å². The molecule has 0 atom stereocenters. The number of anilines is 1. The zero-order valence-electron chi connectivity index (χ0n) is 14.5. The highest BCUT2D eigenvalue weighted by Crippen LogP contribution is 2.23. The summed E-state index contributed by atoms with van der Waals surface area (Å²) in [6.07, 6.45) is 7.06. The highest BCUT2D eigenvalue weighted by Gasteiger charge is 2.17. The van der Waals surface area contributed by atoms with Gasteiger partial charge in [0.15, 0.2) is 5.75 Å². The molecule has 0 aliphatic carbocycles. The minimum Gasteiger partial charge on any atom is -0.465 e. The molecule has 1 rings (SSSR count). The van der Waals surface area contributed by atoms with Crippen molar-refractivity contribution >= 4 is 17.8 Å². The van der Waals surface area contributed by atoms with E-state index in [1.54, 1.807) is 0 Å². The maximum atomic E-state index is 11.7. The molecule has 0 amide bonds. The Labute approximate surface area is 143 Å². The van der Waals surface area contributed by atoms with Gasteiger partial charge in [0.1, 0.15) is 5.56 Å². The number of nitrogens with two attached hydrogens (primary N) is 1. The van der Waals surface area contributed by atoms with Crippen molar-refractivity contribution in [1.29, 1.82) is 0 Å². The number of rotatable bonds is 10. The molecule has 6 heteroatoms. The number of hydrogen-bond donors (Lipinski definition) is 1. The van der Waals surface area contributed by atoms with Crippen LogP contribution in [0.3, 0.4) is 0 Å². The predicted octanol–water partition coefficient (Wildman–Crippen LogP) is 4.32. The van der Waals surface area contributed by atoms with E-state index in [2.05, 4.69) is 11.7 Å². The van der Waals surface area contributed by atoms with Crippen molar-refractivity contribution in [2.45, 2.75) is 51.9 Å². The summed E-state index contributed by atoms with van der Waals surface area (Å²) in [6, 6.07) is 4.37. The first kappa shape index (κ1) is 19.8. The molecular formula is C18H27NO5. The molecule has 0 aliphatic rings. The Balaban J connectivity index is 2.35. The highest BCUT2D eigenvalue weighted by molar-refractivity contribution is 5.93. The molecule has 24 heavy (non-hydrogen) atoms. The van der Waals surface area contributed by atoms with Crippen LogP contribution in [0.5, 0.6) is 5.75 Å². The Morgan fingerprint density at radius 1 is 1.04 bits per heavy atom. The number of carbonyl (C=O) groups excluding carboxylic acids is 2. The molecule has 0 aromatic heterocycles. The van der Waals surface area contributed by atoms with Gasteiger partial charge in [-0.3, -0.25) is 0 Å². The Hall–Kier alpha value is -2.24. The normalized spacial score (nSPS) is 10.2. The Morgan fingerprint density at radius 3 is 2.38 bits per heavy atom. The molecule has 0 bridgehead atoms. The molecule has 0 fully saturated rings. The summed E-state index contributed by atoms with van der Waals surface area (Å²) in [4.78, 5) is 23.4. The van der Waals surface area contributed by atoms with Crippen LogP contribution >= 0.6 is 0 Å². The molecule has 0 aliphatic heterocycles. The highest BCUT2D eigenvalue weighted by atomic mass is 16.7. The number of esters is 1. The van der Waals surface area contributed by atoms with Gasteiger partial charge in [0.2, 0.25) is 0 Å². The first-order chi connectivity index (χ1) is 11.6. The summed E-state index contributed by atoms with van der Waals surface area (Å²) in [5, 5.41) is 0. The summed E-state index contributed by atoms with van der Waals surface area (Å²) in [5.74, 6) is -0.573. The number of ether oxygens (including phenoxy) is 3. The molecule has 6 nitrogen and oxygen atoms in total. The zero-order chi connectivity index (χ0) is 17.8. The summed E-state index contributed by atoms with van der Waals surface area (Å²) in [6.45, 7) is 2.48. The monoisotopic (exact) mass is 337 g/mol. The quantitative estimate of drug-likeness (QED) is 0.296. The van der Waals surface area contributed by atoms with Gasteiger partial charge in [0.25, 0.3) is 0 Å². The van der Waals surface area contributed by atoms with Crippen LogP contribution in [0.1, 0.15) is 62.2 Å². The number of methoxy groups -OCH3 is 1. The number of nitrogen functional groups attached to an aromatic ring is 1. The third-order valence-electron chi connectivity index (χ3n) is 3.57. The van der Waals surface area contributed by atoms with Gasteiger partial charge in [-0.15, -0.1) is 0 Å². The minimum atomic E-state index is -0.850. The fourth-order valence-electron chi connectivity index (χ4n) is 2.24. The molecule has 0 saturated heterocycles. The zero-order valence-corrected chi connectivity index (χ0v) is 14.5. The lowest BCUT2D eigenvalue weighted by Gasteiger charge is -2.10. The molecule has 0 spiro atoms. The van der Waals surface area contributed by atoms with E-state index in [1.165, 1.54) is 51.0 Å². The number of hydrogen-bond acceptors (Lipinski definition) is 6. The average molecular weight is 337 g/mol. The maximum Gasteiger partial charge on any atom is 0.513 e. The van der Waals surface area contributed by atoms with E-state index in [0.29, 0.717) is 12.3 Å². The van der Waals surface area contributed by atoms with Crippen molar-refractivity contribution in [3.05, 3.63) is 23.8 Å². The lowest BCUT2D eigenvalue weighted by Crippen LogP contribution is -2.14. The molecule has 0 heterocycles. The molecule has 1 aromatic rings. The van der Waals surface area contributed by atoms with Crippen LogP contribution in [-0.4, -0.2) is 25.8 Å². The third kappa shape index (κ3) is 7.35. The van der Waals surface area contributed by atoms with E-state index < -0.39 is 12.1 Å². The first-order valence-electron chi connectivity index (χ1n) is 8.41. The van der Waals surface area contributed by atoms with Crippen LogP contribution < -0.4 is 10.5 Å². The van der Waals surface area contributed by atoms with Crippen LogP contribution in [-0.2, 0) is 9.47 Å². The van der Waals surface area contributed by atoms with E-state index in [4.69, 9.17) is 15.2 Å². The van der Waals surface area contributed by atoms with Crippen molar-refractivity contribution in [3.63, 3.8) is 0 Å². The topological polar surface area (TPSA) is 87.9 Å². The second kappa shape index (κ2) is 11.3. The Morgan fingerprint density at radius 2 is 1.71 bits per heavy atom. The van der Waals surface area contributed by atoms with Crippen LogP contribution in [0.4, 0.5) is 10.5 Å². The minimum absolute atomic E-state index is 0.0337. The van der Waals surface area contributed by atoms with E-state index in [0.717, 1.165) is 19.3 Å². The molecule has 0 radical (unpaired) electrons. The van der Waals surface area contributed by atoms with Gasteiger partial charge >= 0.3 is 12.1 Å². The van der Waals surface area contributed by atoms with Crippen molar-refractivity contribution in [2.24, 2.45) is 0 Å². The molecule has 2 N–H and O–H groups in total. The van der Waals surface area contributed by atoms with Crippen molar-refractivity contribution in [2.75, 3.05) is 19.5 Å². The maximum absolute atomic E-state index is 11.7. The first-order valence-corrected chi connectivity index (χ1v) is 8.41. The molecular weight excluding hydrogens is 310 g/mol. The Bertz CT molecular complexity index is 530. The molecule has 1 aromatic carbocycles. The summed E-state index contributed by atoms with van der Waals surface area (Å²) in [5.41, 5.74) is 6.15. The number of unbranched alkanes of at least 4 members (excludes halogenated alkanes) is 6. The number of benzene rings is 1. The lowest BCUT2D eigenvalue weighted by molar-refractivity contribution is 0.0594. The van der Waals surface area contributed by atoms with Crippen LogP contribution in [0.25, 0.3) is 0 Å². The van der Waals surface area contributed by atoms with Gasteiger partial charge in [-0.05, 0) is 18.6 Å². The van der Waals surface area contributed by atoms with Gasteiger partial charge in [-0.25, -0.2) is 9.59 Å². The van der Waals surface area contributed by atoms with Crippen molar-refractivity contribution in [3.8, 4) is 5.75 Å². The summed E-state index contributed by atoms with van der Waals surface area (Å²) < 4.78 is 14.7. The van der Waals surface area contributed by atoms with E-state index >= 15 is 0 Å². The predicted molar refractivity (Wildman–Crippen MR) is 92.2 cm³/mol. The van der Waals surface area contributed by atoms with Crippen molar-refractivity contribution < 1.29 is 23.8 Å². The summed E-state index contributed by atoms with van der Waals surface area (Å²) in [7, 11) is 1.25. The fourth-order valence-corrected chi connectivity index (χ4v) is 2.24. The largest absolute Gasteiger partial charge is 0.513 e. The van der Waals surface area contributed by atoms with Crippen molar-refractivity contribution in [1.82, 2.24) is 0 Å². The Kier molecular flexibility index (Phi) is 9.34. The fraction of sp³-hybridized carbons (Fsp3) is 0.556. The smallest absolute Gasteiger partial charge is 0.465 e. The summed E-state index contributed by atoms with van der Waals surface area (Å²) >= 11 is 0. The van der Waals surface area contributed by atoms with Gasteiger partial charge in [0.05, 0.1) is 13.7 Å². The van der Waals surface area contributed by atoms with Crippen LogP contribution in [0.2, 0.25) is 0 Å². The lowest BCUT2D eigenvalue weighted by atomic mass is 10.1.